The molecule has 2 heterocycles. The van der Waals surface area contributed by atoms with E-state index in [1.807, 2.05) is 42.3 Å². The van der Waals surface area contributed by atoms with Crippen molar-refractivity contribution >= 4 is 29.4 Å². The molecule has 0 aliphatic carbocycles. The second-order valence-corrected chi connectivity index (χ2v) is 6.52. The van der Waals surface area contributed by atoms with Crippen LogP contribution in [0.5, 0.6) is 0 Å². The summed E-state index contributed by atoms with van der Waals surface area (Å²) in [5.74, 6) is -0.333. The predicted octanol–water partition coefficient (Wildman–Crippen LogP) is 1.41. The van der Waals surface area contributed by atoms with Crippen LogP contribution in [0.1, 0.15) is 0 Å². The summed E-state index contributed by atoms with van der Waals surface area (Å²) in [7, 11) is 3.23. The van der Waals surface area contributed by atoms with E-state index in [0.29, 0.717) is 25.2 Å². The highest BCUT2D eigenvalue weighted by atomic mass is 16.5. The molecule has 0 unspecified atom stereocenters. The Kier molecular flexibility index (Phi) is 6.44. The van der Waals surface area contributed by atoms with Crippen LogP contribution >= 0.6 is 0 Å². The highest BCUT2D eigenvalue weighted by Gasteiger charge is 2.34. The molecule has 0 saturated carbocycles. The molecular formula is C20H25N5O3. The number of anilines is 3. The van der Waals surface area contributed by atoms with Gasteiger partial charge in [-0.1, -0.05) is 12.1 Å². The summed E-state index contributed by atoms with van der Waals surface area (Å²) in [6, 6.07) is 11.4. The summed E-state index contributed by atoms with van der Waals surface area (Å²) in [4.78, 5) is 33.8. The van der Waals surface area contributed by atoms with Crippen LogP contribution in [0.2, 0.25) is 0 Å². The Bertz CT molecular complexity index is 793. The maximum Gasteiger partial charge on any atom is 0.343 e. The zero-order chi connectivity index (χ0) is 19.9. The Morgan fingerprint density at radius 3 is 2.50 bits per heavy atom. The number of para-hydroxylation sites is 2. The van der Waals surface area contributed by atoms with Crippen LogP contribution in [0.15, 0.2) is 48.8 Å². The van der Waals surface area contributed by atoms with Crippen LogP contribution in [0.25, 0.3) is 0 Å². The SMILES string of the molecule is COC(=O)[C@H](N1CCN(c2ccncc2)CC1)N(C)c1ccccc1NC=O. The van der Waals surface area contributed by atoms with Gasteiger partial charge >= 0.3 is 5.97 Å². The van der Waals surface area contributed by atoms with Crippen LogP contribution in [-0.4, -0.2) is 68.8 Å². The number of benzene rings is 1. The minimum atomic E-state index is -0.584. The van der Waals surface area contributed by atoms with Gasteiger partial charge in [-0.05, 0) is 24.3 Å². The number of pyridine rings is 1. The molecule has 3 rings (SSSR count). The molecular weight excluding hydrogens is 358 g/mol. The zero-order valence-electron chi connectivity index (χ0n) is 16.1. The summed E-state index contributed by atoms with van der Waals surface area (Å²) in [6.45, 7) is 2.99. The lowest BCUT2D eigenvalue weighted by Gasteiger charge is -2.42. The van der Waals surface area contributed by atoms with Gasteiger partial charge in [-0.15, -0.1) is 0 Å². The first-order chi connectivity index (χ1) is 13.7. The molecule has 28 heavy (non-hydrogen) atoms. The van der Waals surface area contributed by atoms with Gasteiger partial charge in [-0.2, -0.15) is 0 Å². The number of aromatic nitrogens is 1. The Labute approximate surface area is 164 Å². The fraction of sp³-hybridized carbons (Fsp3) is 0.350. The molecule has 8 heteroatoms. The number of hydrogen-bond acceptors (Lipinski definition) is 7. The van der Waals surface area contributed by atoms with Crippen LogP contribution < -0.4 is 15.1 Å². The molecule has 2 aromatic rings. The van der Waals surface area contributed by atoms with Crippen molar-refractivity contribution in [1.29, 1.82) is 0 Å². The molecule has 1 aliphatic heterocycles. The summed E-state index contributed by atoms with van der Waals surface area (Å²) in [5.41, 5.74) is 2.52. The fourth-order valence-electron chi connectivity index (χ4n) is 3.54. The zero-order valence-corrected chi connectivity index (χ0v) is 16.1. The molecule has 0 radical (unpaired) electrons. The largest absolute Gasteiger partial charge is 0.466 e. The average molecular weight is 383 g/mol. The van der Waals surface area contributed by atoms with Crippen molar-refractivity contribution in [3.8, 4) is 0 Å². The Hall–Kier alpha value is -3.13. The van der Waals surface area contributed by atoms with Crippen molar-refractivity contribution in [1.82, 2.24) is 9.88 Å². The maximum absolute atomic E-state index is 12.6. The van der Waals surface area contributed by atoms with E-state index in [2.05, 4.69) is 20.1 Å². The number of rotatable bonds is 7. The number of carbonyl (C=O) groups excluding carboxylic acids is 2. The van der Waals surface area contributed by atoms with E-state index in [-0.39, 0.29) is 5.97 Å². The van der Waals surface area contributed by atoms with E-state index in [4.69, 9.17) is 4.74 Å². The molecule has 0 spiro atoms. The van der Waals surface area contributed by atoms with Gasteiger partial charge in [0.1, 0.15) is 0 Å². The standard InChI is InChI=1S/C20H25N5O3/c1-23(18-6-4-3-5-17(18)22-15-26)19(20(27)28-2)25-13-11-24(12-14-25)16-7-9-21-10-8-16/h3-10,15,19H,11-14H2,1-2H3,(H,22,26)/t19-/m0/s1. The van der Waals surface area contributed by atoms with Crippen molar-refractivity contribution < 1.29 is 14.3 Å². The Balaban J connectivity index is 1.78. The van der Waals surface area contributed by atoms with Gasteiger partial charge in [0.05, 0.1) is 18.5 Å². The number of likely N-dealkylation sites (N-methyl/N-ethyl adjacent to an activating group) is 1. The number of amides is 1. The molecule has 0 bridgehead atoms. The summed E-state index contributed by atoms with van der Waals surface area (Å²) < 4.78 is 5.09. The van der Waals surface area contributed by atoms with Gasteiger partial charge < -0.3 is 19.9 Å². The van der Waals surface area contributed by atoms with Gasteiger partial charge in [0.25, 0.3) is 0 Å². The van der Waals surface area contributed by atoms with Crippen molar-refractivity contribution in [2.45, 2.75) is 6.17 Å². The molecule has 8 nitrogen and oxygen atoms in total. The number of piperazine rings is 1. The van der Waals surface area contributed by atoms with Crippen LogP contribution in [0.4, 0.5) is 17.1 Å². The maximum atomic E-state index is 12.6. The van der Waals surface area contributed by atoms with E-state index < -0.39 is 6.17 Å². The second kappa shape index (κ2) is 9.18. The van der Waals surface area contributed by atoms with E-state index in [0.717, 1.165) is 24.5 Å². The number of carbonyl (C=O) groups is 2. The monoisotopic (exact) mass is 383 g/mol. The van der Waals surface area contributed by atoms with Gasteiger partial charge in [0, 0.05) is 51.3 Å². The fourth-order valence-corrected chi connectivity index (χ4v) is 3.54. The molecule has 1 amide bonds. The summed E-state index contributed by atoms with van der Waals surface area (Å²) in [5, 5.41) is 2.69. The lowest BCUT2D eigenvalue weighted by atomic mass is 10.2. The Morgan fingerprint density at radius 1 is 1.18 bits per heavy atom. The summed E-state index contributed by atoms with van der Waals surface area (Å²) in [6.07, 6.45) is 3.61. The average Bonchev–Trinajstić information content (AvgIpc) is 2.75. The molecule has 1 saturated heterocycles. The number of nitrogens with zero attached hydrogens (tertiary/aromatic N) is 4. The third-order valence-electron chi connectivity index (χ3n) is 4.97. The van der Waals surface area contributed by atoms with Crippen molar-refractivity contribution in [3.63, 3.8) is 0 Å². The predicted molar refractivity (Wildman–Crippen MR) is 108 cm³/mol. The van der Waals surface area contributed by atoms with E-state index in [1.165, 1.54) is 7.11 Å². The van der Waals surface area contributed by atoms with Crippen molar-refractivity contribution in [2.24, 2.45) is 0 Å². The first-order valence-electron chi connectivity index (χ1n) is 9.14. The highest BCUT2D eigenvalue weighted by Crippen LogP contribution is 2.28. The molecule has 1 atom stereocenters. The first kappa shape index (κ1) is 19.6. The molecule has 1 N–H and O–H groups in total. The smallest absolute Gasteiger partial charge is 0.343 e. The van der Waals surface area contributed by atoms with Crippen LogP contribution in [0, 0.1) is 0 Å². The number of methoxy groups -OCH3 is 1. The first-order valence-corrected chi connectivity index (χ1v) is 9.14. The number of hydrogen-bond donors (Lipinski definition) is 1. The lowest BCUT2D eigenvalue weighted by Crippen LogP contribution is -2.58. The van der Waals surface area contributed by atoms with Crippen molar-refractivity contribution in [3.05, 3.63) is 48.8 Å². The van der Waals surface area contributed by atoms with Crippen LogP contribution in [-0.2, 0) is 14.3 Å². The molecule has 1 aliphatic rings. The van der Waals surface area contributed by atoms with Crippen molar-refractivity contribution in [2.75, 3.05) is 55.5 Å². The molecule has 148 valence electrons. The normalized spacial score (nSPS) is 15.6. The van der Waals surface area contributed by atoms with Crippen LogP contribution in [0.3, 0.4) is 0 Å². The van der Waals surface area contributed by atoms with E-state index >= 15 is 0 Å². The van der Waals surface area contributed by atoms with Gasteiger partial charge in [0.15, 0.2) is 6.17 Å². The highest BCUT2D eigenvalue weighted by molar-refractivity contribution is 5.85. The van der Waals surface area contributed by atoms with E-state index in [1.54, 1.807) is 18.5 Å². The van der Waals surface area contributed by atoms with Gasteiger partial charge in [-0.3, -0.25) is 14.7 Å². The molecule has 1 aromatic heterocycles. The van der Waals surface area contributed by atoms with Gasteiger partial charge in [0.2, 0.25) is 6.41 Å². The second-order valence-electron chi connectivity index (χ2n) is 6.52. The third kappa shape index (κ3) is 4.23. The van der Waals surface area contributed by atoms with E-state index in [9.17, 15) is 9.59 Å². The number of ether oxygens (including phenoxy) is 1. The third-order valence-corrected chi connectivity index (χ3v) is 4.97. The van der Waals surface area contributed by atoms with Gasteiger partial charge in [-0.25, -0.2) is 4.79 Å². The number of nitrogens with one attached hydrogen (secondary N) is 1. The minimum absolute atomic E-state index is 0.333. The quantitative estimate of drug-likeness (QED) is 0.572. The number of esters is 1. The topological polar surface area (TPSA) is 78.0 Å². The summed E-state index contributed by atoms with van der Waals surface area (Å²) >= 11 is 0. The lowest BCUT2D eigenvalue weighted by molar-refractivity contribution is -0.147. The molecule has 1 aromatic carbocycles. The minimum Gasteiger partial charge on any atom is -0.466 e. The Morgan fingerprint density at radius 2 is 1.86 bits per heavy atom. The molecule has 1 fully saturated rings.